The minimum atomic E-state index is -0.701. The summed E-state index contributed by atoms with van der Waals surface area (Å²) in [4.78, 5) is 36.1. The predicted octanol–water partition coefficient (Wildman–Crippen LogP) is 2.33. The summed E-state index contributed by atoms with van der Waals surface area (Å²) in [6, 6.07) is 9.02. The monoisotopic (exact) mass is 376 g/mol. The van der Waals surface area contributed by atoms with Crippen LogP contribution in [0.2, 0.25) is 0 Å². The standard InChI is InChI=1S/C20H28N2O5/c1-20(2,3)27-19(25)22-16-11-10-15(13-21-18(16)24)26-17(23)12-9-14-7-5-4-6-8-14/h4-8,15-16H,9-13H2,1-3H3,(H,21,24)(H,22,25)/t15-,16+/m1/s1. The highest BCUT2D eigenvalue weighted by Crippen LogP contribution is 2.13. The lowest BCUT2D eigenvalue weighted by Gasteiger charge is -2.22. The maximum Gasteiger partial charge on any atom is 0.408 e. The number of hydrogen-bond donors (Lipinski definition) is 2. The van der Waals surface area contributed by atoms with E-state index >= 15 is 0 Å². The van der Waals surface area contributed by atoms with Gasteiger partial charge in [-0.05, 0) is 45.6 Å². The molecule has 7 nitrogen and oxygen atoms in total. The quantitative estimate of drug-likeness (QED) is 0.770. The number of carbonyl (C=O) groups is 3. The summed E-state index contributed by atoms with van der Waals surface area (Å²) in [6.45, 7) is 5.50. The summed E-state index contributed by atoms with van der Waals surface area (Å²) in [7, 11) is 0. The Morgan fingerprint density at radius 3 is 2.56 bits per heavy atom. The molecule has 0 radical (unpaired) electrons. The molecule has 2 atom stereocenters. The van der Waals surface area contributed by atoms with Gasteiger partial charge in [0.1, 0.15) is 17.7 Å². The van der Waals surface area contributed by atoms with Crippen molar-refractivity contribution in [3.63, 3.8) is 0 Å². The van der Waals surface area contributed by atoms with Gasteiger partial charge in [0, 0.05) is 6.42 Å². The van der Waals surface area contributed by atoms with Crippen molar-refractivity contribution in [3.8, 4) is 0 Å². The molecule has 2 rings (SSSR count). The fourth-order valence-electron chi connectivity index (χ4n) is 2.75. The number of amides is 2. The van der Waals surface area contributed by atoms with E-state index in [0.29, 0.717) is 19.3 Å². The van der Waals surface area contributed by atoms with Crippen LogP contribution in [-0.2, 0) is 25.5 Å². The van der Waals surface area contributed by atoms with Crippen LogP contribution in [0.25, 0.3) is 0 Å². The second-order valence-corrected chi connectivity index (χ2v) is 7.62. The van der Waals surface area contributed by atoms with Gasteiger partial charge in [0.15, 0.2) is 0 Å². The highest BCUT2D eigenvalue weighted by atomic mass is 16.6. The molecule has 1 aromatic rings. The van der Waals surface area contributed by atoms with Crippen molar-refractivity contribution in [2.75, 3.05) is 6.54 Å². The van der Waals surface area contributed by atoms with E-state index < -0.39 is 23.8 Å². The Bertz CT molecular complexity index is 654. The van der Waals surface area contributed by atoms with E-state index in [9.17, 15) is 14.4 Å². The molecule has 148 valence electrons. The summed E-state index contributed by atoms with van der Waals surface area (Å²) < 4.78 is 10.7. The SMILES string of the molecule is CC(C)(C)OC(=O)N[C@H]1CC[C@@H](OC(=O)CCc2ccccc2)CNC1=O. The third kappa shape index (κ3) is 7.68. The second-order valence-electron chi connectivity index (χ2n) is 7.62. The Balaban J connectivity index is 1.78. The smallest absolute Gasteiger partial charge is 0.408 e. The van der Waals surface area contributed by atoms with Crippen LogP contribution < -0.4 is 10.6 Å². The van der Waals surface area contributed by atoms with E-state index in [4.69, 9.17) is 9.47 Å². The average Bonchev–Trinajstić information content (AvgIpc) is 2.75. The zero-order valence-corrected chi connectivity index (χ0v) is 16.1. The summed E-state index contributed by atoms with van der Waals surface area (Å²) >= 11 is 0. The molecule has 0 spiro atoms. The zero-order chi connectivity index (χ0) is 19.9. The van der Waals surface area contributed by atoms with Gasteiger partial charge in [-0.3, -0.25) is 9.59 Å². The summed E-state index contributed by atoms with van der Waals surface area (Å²) in [5.74, 6) is -0.597. The van der Waals surface area contributed by atoms with Crippen molar-refractivity contribution in [2.24, 2.45) is 0 Å². The van der Waals surface area contributed by atoms with Gasteiger partial charge in [-0.2, -0.15) is 0 Å². The Labute approximate surface area is 159 Å². The maximum absolute atomic E-state index is 12.1. The number of benzene rings is 1. The van der Waals surface area contributed by atoms with Gasteiger partial charge in [-0.1, -0.05) is 30.3 Å². The third-order valence-electron chi connectivity index (χ3n) is 4.05. The fraction of sp³-hybridized carbons (Fsp3) is 0.550. The van der Waals surface area contributed by atoms with E-state index in [2.05, 4.69) is 10.6 Å². The van der Waals surface area contributed by atoms with E-state index in [1.54, 1.807) is 20.8 Å². The van der Waals surface area contributed by atoms with E-state index in [1.807, 2.05) is 30.3 Å². The van der Waals surface area contributed by atoms with Gasteiger partial charge in [0.25, 0.3) is 0 Å². The summed E-state index contributed by atoms with van der Waals surface area (Å²) in [5, 5.41) is 5.28. The Morgan fingerprint density at radius 2 is 1.89 bits per heavy atom. The average molecular weight is 376 g/mol. The lowest BCUT2D eigenvalue weighted by atomic mass is 10.1. The van der Waals surface area contributed by atoms with Gasteiger partial charge in [-0.15, -0.1) is 0 Å². The molecule has 1 aliphatic heterocycles. The van der Waals surface area contributed by atoms with Crippen molar-refractivity contribution < 1.29 is 23.9 Å². The molecule has 1 saturated heterocycles. The lowest BCUT2D eigenvalue weighted by molar-refractivity contribution is -0.149. The number of ether oxygens (including phenoxy) is 2. The van der Waals surface area contributed by atoms with Gasteiger partial charge < -0.3 is 20.1 Å². The highest BCUT2D eigenvalue weighted by Gasteiger charge is 2.29. The molecule has 1 heterocycles. The Kier molecular flexibility index (Phi) is 7.21. The number of rotatable bonds is 5. The van der Waals surface area contributed by atoms with Crippen LogP contribution in [-0.4, -0.2) is 42.3 Å². The van der Waals surface area contributed by atoms with Gasteiger partial charge in [0.05, 0.1) is 6.54 Å². The number of hydrogen-bond acceptors (Lipinski definition) is 5. The molecule has 0 unspecified atom stereocenters. The van der Waals surface area contributed by atoms with Crippen molar-refractivity contribution in [2.45, 2.75) is 64.2 Å². The Hall–Kier alpha value is -2.57. The molecule has 27 heavy (non-hydrogen) atoms. The first-order chi connectivity index (χ1) is 12.7. The topological polar surface area (TPSA) is 93.7 Å². The first-order valence-electron chi connectivity index (χ1n) is 9.23. The molecule has 0 aromatic heterocycles. The van der Waals surface area contributed by atoms with Crippen molar-refractivity contribution in [1.82, 2.24) is 10.6 Å². The minimum Gasteiger partial charge on any atom is -0.460 e. The van der Waals surface area contributed by atoms with Crippen LogP contribution in [0, 0.1) is 0 Å². The molecule has 0 saturated carbocycles. The number of nitrogens with one attached hydrogen (secondary N) is 2. The van der Waals surface area contributed by atoms with Crippen LogP contribution in [0.3, 0.4) is 0 Å². The van der Waals surface area contributed by atoms with Crippen molar-refractivity contribution in [3.05, 3.63) is 35.9 Å². The van der Waals surface area contributed by atoms with E-state index in [0.717, 1.165) is 5.56 Å². The lowest BCUT2D eigenvalue weighted by Crippen LogP contribution is -2.47. The second kappa shape index (κ2) is 9.39. The number of esters is 1. The first kappa shape index (κ1) is 20.7. The van der Waals surface area contributed by atoms with Crippen LogP contribution in [0.4, 0.5) is 4.79 Å². The molecule has 0 bridgehead atoms. The van der Waals surface area contributed by atoms with Crippen LogP contribution in [0.5, 0.6) is 0 Å². The van der Waals surface area contributed by atoms with Gasteiger partial charge >= 0.3 is 12.1 Å². The zero-order valence-electron chi connectivity index (χ0n) is 16.1. The van der Waals surface area contributed by atoms with Gasteiger partial charge in [0.2, 0.25) is 5.91 Å². The van der Waals surface area contributed by atoms with Crippen LogP contribution >= 0.6 is 0 Å². The number of carbonyl (C=O) groups excluding carboxylic acids is 3. The first-order valence-corrected chi connectivity index (χ1v) is 9.23. The molecule has 1 aliphatic rings. The fourth-order valence-corrected chi connectivity index (χ4v) is 2.75. The van der Waals surface area contributed by atoms with Gasteiger partial charge in [-0.25, -0.2) is 4.79 Å². The molecule has 7 heteroatoms. The number of alkyl carbamates (subject to hydrolysis) is 1. The normalized spacial score (nSPS) is 20.2. The molecular weight excluding hydrogens is 348 g/mol. The maximum atomic E-state index is 12.1. The van der Waals surface area contributed by atoms with Crippen LogP contribution in [0.15, 0.2) is 30.3 Å². The molecule has 2 amide bonds. The molecule has 1 fully saturated rings. The molecular formula is C20H28N2O5. The predicted molar refractivity (Wildman–Crippen MR) is 100 cm³/mol. The molecule has 2 N–H and O–H groups in total. The number of aryl methyl sites for hydroxylation is 1. The highest BCUT2D eigenvalue weighted by molar-refractivity contribution is 5.86. The van der Waals surface area contributed by atoms with Crippen LogP contribution in [0.1, 0.15) is 45.6 Å². The van der Waals surface area contributed by atoms with Crippen molar-refractivity contribution in [1.29, 1.82) is 0 Å². The molecule has 1 aromatic carbocycles. The summed E-state index contributed by atoms with van der Waals surface area (Å²) in [5.41, 5.74) is 0.438. The minimum absolute atomic E-state index is 0.239. The summed E-state index contributed by atoms with van der Waals surface area (Å²) in [6.07, 6.45) is 0.719. The van der Waals surface area contributed by atoms with E-state index in [-0.39, 0.29) is 24.8 Å². The third-order valence-corrected chi connectivity index (χ3v) is 4.05. The Morgan fingerprint density at radius 1 is 1.19 bits per heavy atom. The van der Waals surface area contributed by atoms with Crippen molar-refractivity contribution >= 4 is 18.0 Å². The van der Waals surface area contributed by atoms with E-state index in [1.165, 1.54) is 0 Å². The largest absolute Gasteiger partial charge is 0.460 e. The molecule has 0 aliphatic carbocycles.